The molecule has 0 fully saturated rings. The van der Waals surface area contributed by atoms with Crippen LogP contribution in [0.4, 0.5) is 0 Å². The van der Waals surface area contributed by atoms with Crippen LogP contribution < -0.4 is 0 Å². The molecule has 0 bridgehead atoms. The maximum Gasteiger partial charge on any atom is 0.0658 e. The van der Waals surface area contributed by atoms with E-state index in [0.717, 1.165) is 0 Å². The molecular formula is C9H15N. The van der Waals surface area contributed by atoms with E-state index in [0.29, 0.717) is 6.04 Å². The molecule has 1 atom stereocenters. The third-order valence-corrected chi connectivity index (χ3v) is 1.74. The Kier molecular flexibility index (Phi) is 1.67. The van der Waals surface area contributed by atoms with E-state index >= 15 is 0 Å². The zero-order chi connectivity index (χ0) is 7.78. The molecule has 0 aromatic carbocycles. The molecule has 0 aromatic rings. The molecule has 0 aliphatic carbocycles. The van der Waals surface area contributed by atoms with Gasteiger partial charge in [-0.25, -0.2) is 0 Å². The van der Waals surface area contributed by atoms with E-state index in [1.165, 1.54) is 5.57 Å². The molecule has 1 heterocycles. The van der Waals surface area contributed by atoms with Gasteiger partial charge in [0.05, 0.1) is 6.04 Å². The molecular weight excluding hydrogens is 122 g/mol. The summed E-state index contributed by atoms with van der Waals surface area (Å²) < 4.78 is 0. The van der Waals surface area contributed by atoms with Crippen LogP contribution in [0.5, 0.6) is 0 Å². The number of hydrogen-bond acceptors (Lipinski definition) is 1. The molecule has 1 nitrogen and oxygen atoms in total. The Bertz CT molecular complexity index is 181. The lowest BCUT2D eigenvalue weighted by Gasteiger charge is -2.17. The van der Waals surface area contributed by atoms with Crippen LogP contribution in [0.15, 0.2) is 16.6 Å². The molecule has 0 amide bonds. The lowest BCUT2D eigenvalue weighted by molar-refractivity contribution is 0.526. The Balaban J connectivity index is 2.78. The van der Waals surface area contributed by atoms with E-state index in [1.54, 1.807) is 0 Å². The van der Waals surface area contributed by atoms with Gasteiger partial charge in [-0.15, -0.1) is 0 Å². The summed E-state index contributed by atoms with van der Waals surface area (Å²) in [7, 11) is 0. The summed E-state index contributed by atoms with van der Waals surface area (Å²) in [5, 5.41) is 0. The molecule has 0 saturated heterocycles. The summed E-state index contributed by atoms with van der Waals surface area (Å²) in [5.74, 6) is 0. The minimum atomic E-state index is 0.272. The first-order valence-electron chi connectivity index (χ1n) is 3.75. The summed E-state index contributed by atoms with van der Waals surface area (Å²) >= 11 is 0. The predicted molar refractivity (Wildman–Crippen MR) is 45.5 cm³/mol. The maximum atomic E-state index is 4.27. The van der Waals surface area contributed by atoms with E-state index in [-0.39, 0.29) is 5.41 Å². The Morgan fingerprint density at radius 1 is 1.40 bits per heavy atom. The van der Waals surface area contributed by atoms with Crippen molar-refractivity contribution >= 4 is 6.21 Å². The average Bonchev–Trinajstić information content (AvgIpc) is 2.11. The molecule has 1 aliphatic rings. The van der Waals surface area contributed by atoms with Gasteiger partial charge in [0.2, 0.25) is 0 Å². The Labute approximate surface area is 62.9 Å². The minimum absolute atomic E-state index is 0.272. The molecule has 56 valence electrons. The van der Waals surface area contributed by atoms with Gasteiger partial charge in [0.1, 0.15) is 0 Å². The van der Waals surface area contributed by atoms with Crippen molar-refractivity contribution in [3.63, 3.8) is 0 Å². The summed E-state index contributed by atoms with van der Waals surface area (Å²) in [5.41, 5.74) is 1.63. The molecule has 1 heteroatoms. The van der Waals surface area contributed by atoms with Gasteiger partial charge in [-0.3, -0.25) is 4.99 Å². The van der Waals surface area contributed by atoms with Crippen LogP contribution in [0.1, 0.15) is 27.7 Å². The quantitative estimate of drug-likeness (QED) is 0.486. The van der Waals surface area contributed by atoms with Gasteiger partial charge in [-0.05, 0) is 17.9 Å². The first-order valence-corrected chi connectivity index (χ1v) is 3.75. The maximum absolute atomic E-state index is 4.27. The Morgan fingerprint density at radius 2 is 2.00 bits per heavy atom. The van der Waals surface area contributed by atoms with Gasteiger partial charge in [0.25, 0.3) is 0 Å². The number of hydrogen-bond donors (Lipinski definition) is 0. The normalized spacial score (nSPS) is 25.2. The zero-order valence-corrected chi connectivity index (χ0v) is 7.18. The highest BCUT2D eigenvalue weighted by molar-refractivity contribution is 5.82. The standard InChI is InChI=1S/C9H15N/c1-7-5-8(6-10-7)9(2,3)4/h5-7H,1-4H3. The van der Waals surface area contributed by atoms with Crippen molar-refractivity contribution in [3.8, 4) is 0 Å². The van der Waals surface area contributed by atoms with Crippen molar-refractivity contribution in [1.82, 2.24) is 0 Å². The number of nitrogens with zero attached hydrogens (tertiary/aromatic N) is 1. The van der Waals surface area contributed by atoms with Gasteiger partial charge in [0, 0.05) is 6.21 Å². The molecule has 1 unspecified atom stereocenters. The second kappa shape index (κ2) is 2.22. The highest BCUT2D eigenvalue weighted by Gasteiger charge is 2.18. The van der Waals surface area contributed by atoms with Crippen LogP contribution >= 0.6 is 0 Å². The van der Waals surface area contributed by atoms with Gasteiger partial charge < -0.3 is 0 Å². The van der Waals surface area contributed by atoms with Crippen LogP contribution in [0.3, 0.4) is 0 Å². The molecule has 1 aliphatic heterocycles. The topological polar surface area (TPSA) is 12.4 Å². The van der Waals surface area contributed by atoms with Crippen LogP contribution in [-0.2, 0) is 0 Å². The molecule has 0 aromatic heterocycles. The first-order chi connectivity index (χ1) is 4.50. The molecule has 1 rings (SSSR count). The summed E-state index contributed by atoms with van der Waals surface area (Å²) in [6.07, 6.45) is 4.21. The van der Waals surface area contributed by atoms with Crippen LogP contribution in [0, 0.1) is 5.41 Å². The molecule has 0 N–H and O–H groups in total. The van der Waals surface area contributed by atoms with E-state index < -0.39 is 0 Å². The minimum Gasteiger partial charge on any atom is -0.286 e. The SMILES string of the molecule is CC1C=C(C(C)(C)C)C=N1. The molecule has 0 radical (unpaired) electrons. The van der Waals surface area contributed by atoms with E-state index in [9.17, 15) is 0 Å². The highest BCUT2D eigenvalue weighted by Crippen LogP contribution is 2.26. The fourth-order valence-corrected chi connectivity index (χ4v) is 0.987. The van der Waals surface area contributed by atoms with Crippen molar-refractivity contribution in [2.45, 2.75) is 33.7 Å². The van der Waals surface area contributed by atoms with Gasteiger partial charge in [0.15, 0.2) is 0 Å². The van der Waals surface area contributed by atoms with Crippen LogP contribution in [-0.4, -0.2) is 12.3 Å². The van der Waals surface area contributed by atoms with Crippen molar-refractivity contribution in [3.05, 3.63) is 11.6 Å². The van der Waals surface area contributed by atoms with Crippen molar-refractivity contribution < 1.29 is 0 Å². The van der Waals surface area contributed by atoms with Crippen molar-refractivity contribution in [1.29, 1.82) is 0 Å². The van der Waals surface area contributed by atoms with Crippen LogP contribution in [0.25, 0.3) is 0 Å². The van der Waals surface area contributed by atoms with Crippen molar-refractivity contribution in [2.24, 2.45) is 10.4 Å². The lowest BCUT2D eigenvalue weighted by Crippen LogP contribution is -2.08. The Hall–Kier alpha value is -0.590. The second-order valence-corrected chi connectivity index (χ2v) is 3.89. The van der Waals surface area contributed by atoms with E-state index in [4.69, 9.17) is 0 Å². The molecule has 0 spiro atoms. The fraction of sp³-hybridized carbons (Fsp3) is 0.667. The van der Waals surface area contributed by atoms with Crippen LogP contribution in [0.2, 0.25) is 0 Å². The third kappa shape index (κ3) is 1.47. The summed E-state index contributed by atoms with van der Waals surface area (Å²) in [4.78, 5) is 4.27. The van der Waals surface area contributed by atoms with Gasteiger partial charge in [-0.1, -0.05) is 26.8 Å². The Morgan fingerprint density at radius 3 is 2.20 bits per heavy atom. The average molecular weight is 137 g/mol. The third-order valence-electron chi connectivity index (χ3n) is 1.74. The van der Waals surface area contributed by atoms with Crippen molar-refractivity contribution in [2.75, 3.05) is 0 Å². The van der Waals surface area contributed by atoms with E-state index in [2.05, 4.69) is 38.8 Å². The summed E-state index contributed by atoms with van der Waals surface area (Å²) in [6.45, 7) is 8.74. The number of aliphatic imine (C=N–C) groups is 1. The predicted octanol–water partition coefficient (Wildman–Crippen LogP) is 2.43. The zero-order valence-electron chi connectivity index (χ0n) is 7.18. The monoisotopic (exact) mass is 137 g/mol. The lowest BCUT2D eigenvalue weighted by atomic mass is 9.87. The summed E-state index contributed by atoms with van der Waals surface area (Å²) in [6, 6.07) is 0.397. The second-order valence-electron chi connectivity index (χ2n) is 3.89. The molecule has 10 heavy (non-hydrogen) atoms. The fourth-order valence-electron chi connectivity index (χ4n) is 0.987. The highest BCUT2D eigenvalue weighted by atomic mass is 14.8. The first kappa shape index (κ1) is 7.52. The van der Waals surface area contributed by atoms with E-state index in [1.807, 2.05) is 6.21 Å². The van der Waals surface area contributed by atoms with Gasteiger partial charge in [-0.2, -0.15) is 0 Å². The number of allylic oxidation sites excluding steroid dienone is 1. The molecule has 0 saturated carbocycles. The van der Waals surface area contributed by atoms with Gasteiger partial charge >= 0.3 is 0 Å². The smallest absolute Gasteiger partial charge is 0.0658 e. The number of rotatable bonds is 0. The largest absolute Gasteiger partial charge is 0.286 e.